The number of ketones is 1. The summed E-state index contributed by atoms with van der Waals surface area (Å²) >= 11 is 3.44. The van der Waals surface area contributed by atoms with E-state index in [0.717, 1.165) is 61.1 Å². The van der Waals surface area contributed by atoms with Crippen LogP contribution in [0.4, 0.5) is 4.39 Å². The van der Waals surface area contributed by atoms with Gasteiger partial charge in [-0.2, -0.15) is 0 Å². The van der Waals surface area contributed by atoms with Crippen molar-refractivity contribution < 1.29 is 19.1 Å². The molecule has 0 saturated heterocycles. The molecule has 1 N–H and O–H groups in total. The number of carboxylic acid groups (broad SMARTS) is 1. The van der Waals surface area contributed by atoms with Gasteiger partial charge in [0, 0.05) is 30.3 Å². The lowest BCUT2D eigenvalue weighted by Crippen LogP contribution is -2.61. The first kappa shape index (κ1) is 25.8. The number of aliphatic imine (C=N–C) groups is 1. The van der Waals surface area contributed by atoms with Crippen LogP contribution in [0.5, 0.6) is 0 Å². The number of carbonyl (C=O) groups excluding carboxylic acids is 1. The molecule has 0 amide bonds. The smallest absolute Gasteiger partial charge is 0.328 e. The van der Waals surface area contributed by atoms with E-state index in [2.05, 4.69) is 39.8 Å². The van der Waals surface area contributed by atoms with Crippen LogP contribution in [0.2, 0.25) is 0 Å². The number of rotatable bonds is 7. The van der Waals surface area contributed by atoms with E-state index >= 15 is 0 Å². The fourth-order valence-corrected chi connectivity index (χ4v) is 6.75. The summed E-state index contributed by atoms with van der Waals surface area (Å²) in [6.45, 7) is 4.23. The molecule has 194 valence electrons. The SMILES string of the molecule is CC(C)Cc1nc2cc(F)ccc2n1-c1ccc(C[C@H](N=C2C(Br)C(=O)C23CCCCC3)C(=O)O)cc1. The molecule has 6 nitrogen and oxygen atoms in total. The third-order valence-corrected chi connectivity index (χ3v) is 8.47. The molecule has 3 aromatic rings. The molecule has 1 unspecified atom stereocenters. The Labute approximate surface area is 224 Å². The molecular weight excluding hydrogens is 537 g/mol. The Morgan fingerprint density at radius 2 is 1.86 bits per heavy atom. The van der Waals surface area contributed by atoms with E-state index in [4.69, 9.17) is 0 Å². The number of nitrogens with zero attached hydrogens (tertiary/aromatic N) is 3. The summed E-state index contributed by atoms with van der Waals surface area (Å²) in [6.07, 6.45) is 5.54. The Morgan fingerprint density at radius 1 is 1.16 bits per heavy atom. The molecule has 1 spiro atoms. The van der Waals surface area contributed by atoms with Crippen molar-refractivity contribution in [2.24, 2.45) is 16.3 Å². The van der Waals surface area contributed by atoms with Crippen molar-refractivity contribution in [2.75, 3.05) is 0 Å². The molecule has 1 aromatic heterocycles. The lowest BCUT2D eigenvalue weighted by atomic mass is 9.58. The molecule has 8 heteroatoms. The van der Waals surface area contributed by atoms with Gasteiger partial charge in [-0.3, -0.25) is 14.4 Å². The third kappa shape index (κ3) is 4.76. The summed E-state index contributed by atoms with van der Waals surface area (Å²) in [5.74, 6) is 0.0551. The standard InChI is InChI=1S/C29H31BrFN3O3/c1-17(2)14-24-32-21-16-19(31)8-11-23(21)34(24)20-9-6-18(7-10-20)15-22(28(36)37)33-26-25(30)27(35)29(26)12-4-3-5-13-29/h6-11,16-17,22,25H,3-5,12-15H2,1-2H3,(H,36,37)/t22-,25?/m0/s1. The number of hydrogen-bond acceptors (Lipinski definition) is 4. The predicted octanol–water partition coefficient (Wildman–Crippen LogP) is 6.10. The second-order valence-electron chi connectivity index (χ2n) is 10.7. The summed E-state index contributed by atoms with van der Waals surface area (Å²) in [6, 6.07) is 11.4. The van der Waals surface area contributed by atoms with Gasteiger partial charge < -0.3 is 5.11 Å². The number of carbonyl (C=O) groups is 2. The molecule has 1 heterocycles. The lowest BCUT2D eigenvalue weighted by Gasteiger charge is -2.47. The first-order valence-corrected chi connectivity index (χ1v) is 13.9. The Bertz CT molecular complexity index is 1370. The maximum atomic E-state index is 13.8. The highest BCUT2D eigenvalue weighted by Crippen LogP contribution is 2.49. The third-order valence-electron chi connectivity index (χ3n) is 7.62. The van der Waals surface area contributed by atoms with Gasteiger partial charge in [0.15, 0.2) is 11.8 Å². The zero-order chi connectivity index (χ0) is 26.3. The molecule has 0 aliphatic heterocycles. The van der Waals surface area contributed by atoms with Gasteiger partial charge in [0.05, 0.1) is 16.4 Å². The van der Waals surface area contributed by atoms with Crippen molar-refractivity contribution >= 4 is 44.4 Å². The van der Waals surface area contributed by atoms with Crippen LogP contribution in [0, 0.1) is 17.2 Å². The van der Waals surface area contributed by atoms with Gasteiger partial charge in [-0.1, -0.05) is 61.2 Å². The number of fused-ring (bicyclic) bond motifs is 1. The Morgan fingerprint density at radius 3 is 2.51 bits per heavy atom. The number of aromatic nitrogens is 2. The van der Waals surface area contributed by atoms with Crippen LogP contribution >= 0.6 is 15.9 Å². The quantitative estimate of drug-likeness (QED) is 0.350. The largest absolute Gasteiger partial charge is 0.480 e. The number of benzene rings is 2. The van der Waals surface area contributed by atoms with Gasteiger partial charge in [-0.25, -0.2) is 14.2 Å². The second kappa shape index (κ2) is 10.1. The van der Waals surface area contributed by atoms with Crippen molar-refractivity contribution in [1.82, 2.24) is 9.55 Å². The Hall–Kier alpha value is -2.87. The van der Waals surface area contributed by atoms with E-state index in [-0.39, 0.29) is 18.0 Å². The van der Waals surface area contributed by atoms with Crippen molar-refractivity contribution in [2.45, 2.75) is 69.7 Å². The molecule has 2 fully saturated rings. The molecule has 2 saturated carbocycles. The van der Waals surface area contributed by atoms with E-state index in [9.17, 15) is 19.1 Å². The summed E-state index contributed by atoms with van der Waals surface area (Å²) in [5, 5.41) is 9.96. The van der Waals surface area contributed by atoms with E-state index in [1.54, 1.807) is 6.07 Å². The van der Waals surface area contributed by atoms with Gasteiger partial charge in [0.1, 0.15) is 16.5 Å². The molecular formula is C29H31BrFN3O3. The predicted molar refractivity (Wildman–Crippen MR) is 145 cm³/mol. The highest BCUT2D eigenvalue weighted by atomic mass is 79.9. The van der Waals surface area contributed by atoms with Crippen LogP contribution in [-0.4, -0.2) is 43.0 Å². The van der Waals surface area contributed by atoms with Crippen LogP contribution in [-0.2, 0) is 22.4 Å². The molecule has 2 atom stereocenters. The zero-order valence-electron chi connectivity index (χ0n) is 21.1. The van der Waals surface area contributed by atoms with Gasteiger partial charge in [0.2, 0.25) is 0 Å². The van der Waals surface area contributed by atoms with E-state index in [0.29, 0.717) is 17.1 Å². The first-order valence-electron chi connectivity index (χ1n) is 12.9. The fourth-order valence-electron chi connectivity index (χ4n) is 5.76. The minimum Gasteiger partial charge on any atom is -0.480 e. The van der Waals surface area contributed by atoms with E-state index in [1.165, 1.54) is 12.1 Å². The monoisotopic (exact) mass is 567 g/mol. The summed E-state index contributed by atoms with van der Waals surface area (Å²) < 4.78 is 15.9. The number of Topliss-reactive ketones (excluding diaryl/α,β-unsaturated/α-hetero) is 1. The van der Waals surface area contributed by atoms with Gasteiger partial charge >= 0.3 is 5.97 Å². The summed E-state index contributed by atoms with van der Waals surface area (Å²) in [5.41, 5.74) is 3.30. The topological polar surface area (TPSA) is 84.5 Å². The second-order valence-corrected chi connectivity index (χ2v) is 11.6. The zero-order valence-corrected chi connectivity index (χ0v) is 22.7. The first-order chi connectivity index (χ1) is 17.7. The van der Waals surface area contributed by atoms with Crippen LogP contribution in [0.3, 0.4) is 0 Å². The average molecular weight is 568 g/mol. The minimum absolute atomic E-state index is 0.143. The van der Waals surface area contributed by atoms with E-state index < -0.39 is 22.3 Å². The van der Waals surface area contributed by atoms with Crippen LogP contribution in [0.1, 0.15) is 57.3 Å². The van der Waals surface area contributed by atoms with Crippen LogP contribution in [0.15, 0.2) is 47.5 Å². The van der Waals surface area contributed by atoms with Crippen LogP contribution in [0.25, 0.3) is 16.7 Å². The fraction of sp³-hybridized carbons (Fsp3) is 0.448. The van der Waals surface area contributed by atoms with Gasteiger partial charge in [-0.05, 0) is 48.6 Å². The number of imidazole rings is 1. The molecule has 2 aliphatic rings. The summed E-state index contributed by atoms with van der Waals surface area (Å²) in [4.78, 5) is 33.7. The maximum Gasteiger partial charge on any atom is 0.328 e. The number of halogens is 2. The summed E-state index contributed by atoms with van der Waals surface area (Å²) in [7, 11) is 0. The Kier molecular flexibility index (Phi) is 7.05. The average Bonchev–Trinajstić information content (AvgIpc) is 3.22. The normalized spacial score (nSPS) is 21.1. The van der Waals surface area contributed by atoms with Crippen molar-refractivity contribution in [3.8, 4) is 5.69 Å². The van der Waals surface area contributed by atoms with Gasteiger partial charge in [-0.15, -0.1) is 0 Å². The number of aliphatic carboxylic acids is 1. The minimum atomic E-state index is -0.997. The molecule has 2 aromatic carbocycles. The van der Waals surface area contributed by atoms with Crippen LogP contribution < -0.4 is 0 Å². The highest BCUT2D eigenvalue weighted by Gasteiger charge is 2.58. The maximum absolute atomic E-state index is 13.8. The number of carboxylic acids is 1. The highest BCUT2D eigenvalue weighted by molar-refractivity contribution is 9.10. The molecule has 2 aliphatic carbocycles. The van der Waals surface area contributed by atoms with Crippen molar-refractivity contribution in [3.05, 3.63) is 59.7 Å². The van der Waals surface area contributed by atoms with Crippen molar-refractivity contribution in [1.29, 1.82) is 0 Å². The number of alkyl halides is 1. The Balaban J connectivity index is 1.43. The molecule has 0 bridgehead atoms. The van der Waals surface area contributed by atoms with Crippen molar-refractivity contribution in [3.63, 3.8) is 0 Å². The molecule has 37 heavy (non-hydrogen) atoms. The van der Waals surface area contributed by atoms with E-state index in [1.807, 2.05) is 28.8 Å². The molecule has 0 radical (unpaired) electrons. The molecule has 5 rings (SSSR count). The number of hydrogen-bond donors (Lipinski definition) is 1. The van der Waals surface area contributed by atoms with Gasteiger partial charge in [0.25, 0.3) is 0 Å². The lowest BCUT2D eigenvalue weighted by molar-refractivity contribution is -0.138.